The van der Waals surface area contributed by atoms with Crippen molar-refractivity contribution >= 4 is 46.2 Å². The Morgan fingerprint density at radius 3 is 2.52 bits per heavy atom. The lowest BCUT2D eigenvalue weighted by Gasteiger charge is -2.24. The van der Waals surface area contributed by atoms with Crippen molar-refractivity contribution in [2.45, 2.75) is 36.6 Å². The number of hydrazine groups is 1. The number of anilines is 2. The molecule has 1 aliphatic rings. The molecule has 14 heteroatoms. The second-order valence-corrected chi connectivity index (χ2v) is 10.2. The molecule has 0 saturated carbocycles. The minimum atomic E-state index is -4.44. The lowest BCUT2D eigenvalue weighted by molar-refractivity contribution is -0.140. The van der Waals surface area contributed by atoms with Crippen LogP contribution in [0.15, 0.2) is 47.4 Å². The summed E-state index contributed by atoms with van der Waals surface area (Å²) in [6.07, 6.45) is -0.378. The normalized spacial score (nSPS) is 15.1. The number of fused-ring (bicyclic) bond motifs is 1. The summed E-state index contributed by atoms with van der Waals surface area (Å²) in [5.41, 5.74) is 11.7. The third-order valence-corrected chi connectivity index (χ3v) is 6.86. The Morgan fingerprint density at radius 1 is 1.24 bits per heavy atom. The van der Waals surface area contributed by atoms with Crippen molar-refractivity contribution in [2.24, 2.45) is 0 Å². The number of alkyl halides is 4. The summed E-state index contributed by atoms with van der Waals surface area (Å²) in [5, 5.41) is 3.38. The number of hydrogen-bond acceptors (Lipinski definition) is 8. The number of nitrogens with two attached hydrogens (primary N) is 1. The highest BCUT2D eigenvalue weighted by Gasteiger charge is 2.31. The zero-order chi connectivity index (χ0) is 31.3. The van der Waals surface area contributed by atoms with Crippen molar-refractivity contribution < 1.29 is 31.9 Å². The van der Waals surface area contributed by atoms with E-state index in [9.17, 15) is 27.2 Å². The molecule has 0 radical (unpaired) electrons. The molecule has 0 spiro atoms. The number of piperidine rings is 1. The van der Waals surface area contributed by atoms with Gasteiger partial charge in [0.15, 0.2) is 0 Å². The van der Waals surface area contributed by atoms with Crippen molar-refractivity contribution in [3.05, 3.63) is 48.2 Å². The molecule has 0 aliphatic carbocycles. The smallest absolute Gasteiger partial charge is 0.406 e. The average Bonchev–Trinajstić information content (AvgIpc) is 3.30. The van der Waals surface area contributed by atoms with Gasteiger partial charge in [-0.15, -0.1) is 11.8 Å². The fourth-order valence-corrected chi connectivity index (χ4v) is 4.65. The van der Waals surface area contributed by atoms with E-state index in [2.05, 4.69) is 16.2 Å². The Morgan fingerprint density at radius 2 is 1.98 bits per heavy atom. The van der Waals surface area contributed by atoms with E-state index in [4.69, 9.17) is 10.5 Å². The number of benzene rings is 2. The molecule has 42 heavy (non-hydrogen) atoms. The first-order chi connectivity index (χ1) is 19.9. The molecular weight excluding hydrogens is 576 g/mol. The minimum absolute atomic E-state index is 0.107. The number of halogens is 4. The highest BCUT2D eigenvalue weighted by atomic mass is 32.2. The number of hydrogen-bond donors (Lipinski definition) is 4. The molecule has 1 unspecified atom stereocenters. The molecular formula is C28H38F4N6O3S. The van der Waals surface area contributed by atoms with Gasteiger partial charge in [0.2, 0.25) is 0 Å². The van der Waals surface area contributed by atoms with Gasteiger partial charge in [-0.25, -0.2) is 9.82 Å². The lowest BCUT2D eigenvalue weighted by Crippen LogP contribution is -2.36. The molecule has 1 aliphatic heterocycles. The molecule has 1 atom stereocenters. The van der Waals surface area contributed by atoms with Gasteiger partial charge in [0.05, 0.1) is 24.9 Å². The Bertz CT molecular complexity index is 1300. The van der Waals surface area contributed by atoms with Crippen LogP contribution in [0.3, 0.4) is 0 Å². The number of amides is 1. The van der Waals surface area contributed by atoms with Crippen LogP contribution < -0.4 is 26.6 Å². The molecule has 9 nitrogen and oxygen atoms in total. The van der Waals surface area contributed by atoms with Gasteiger partial charge in [0, 0.05) is 29.6 Å². The van der Waals surface area contributed by atoms with Gasteiger partial charge in [-0.2, -0.15) is 13.2 Å². The van der Waals surface area contributed by atoms with Gasteiger partial charge in [-0.3, -0.25) is 10.2 Å². The summed E-state index contributed by atoms with van der Waals surface area (Å²) in [5.74, 6) is 0.103. The number of thioether (sulfide) groups is 1. The van der Waals surface area contributed by atoms with Crippen LogP contribution in [0.1, 0.15) is 23.3 Å². The summed E-state index contributed by atoms with van der Waals surface area (Å²) in [4.78, 5) is 25.2. The van der Waals surface area contributed by atoms with Crippen LogP contribution in [0.2, 0.25) is 0 Å². The molecule has 2 aromatic carbocycles. The predicted octanol–water partition coefficient (Wildman–Crippen LogP) is 4.73. The number of carbonyl (C=O) groups excluding carboxylic acids is 2. The molecule has 1 fully saturated rings. The number of ether oxygens (including phenoxy) is 1. The molecule has 1 saturated heterocycles. The van der Waals surface area contributed by atoms with Crippen LogP contribution >= 0.6 is 11.8 Å². The Labute approximate surface area is 247 Å². The SMILES string of the molecule is CN1CCCC(F)C1.CNNC(=O)c1cc2c(N)cccc2n1CC(F)(F)F.COc1cc(SC)ccc1NCC=O. The lowest BCUT2D eigenvalue weighted by atomic mass is 10.1. The molecule has 4 rings (SSSR count). The van der Waals surface area contributed by atoms with Crippen LogP contribution in [-0.4, -0.2) is 81.1 Å². The zero-order valence-electron chi connectivity index (χ0n) is 24.1. The quantitative estimate of drug-likeness (QED) is 0.0948. The second kappa shape index (κ2) is 16.8. The van der Waals surface area contributed by atoms with E-state index < -0.39 is 24.8 Å². The maximum atomic E-state index is 12.7. The van der Waals surface area contributed by atoms with Gasteiger partial charge < -0.3 is 30.0 Å². The fraction of sp³-hybridized carbons (Fsp3) is 0.429. The van der Waals surface area contributed by atoms with E-state index >= 15 is 0 Å². The number of methoxy groups -OCH3 is 1. The molecule has 232 valence electrons. The third kappa shape index (κ3) is 10.7. The standard InChI is InChI=1S/C12H13F3N4O.C10H13NO2S.C6H12FN/c1-17-18-11(20)10-5-7-8(16)3-2-4-9(7)19(10)6-12(13,14)15;1-13-10-7-8(14-2)3-4-9(10)11-5-6-12;1-8-4-2-3-6(7)5-8/h2-5,17H,6,16H2,1H3,(H,18,20);3-4,6-7,11H,5H2,1-2H3;6H,2-5H2,1H3. The van der Waals surface area contributed by atoms with Crippen LogP contribution in [0.25, 0.3) is 10.9 Å². The monoisotopic (exact) mass is 614 g/mol. The van der Waals surface area contributed by atoms with Crippen molar-refractivity contribution in [1.82, 2.24) is 20.3 Å². The maximum absolute atomic E-state index is 12.7. The topological polar surface area (TPSA) is 114 Å². The van der Waals surface area contributed by atoms with E-state index in [1.54, 1.807) is 31.0 Å². The average molecular weight is 615 g/mol. The number of aromatic nitrogens is 1. The van der Waals surface area contributed by atoms with Crippen LogP contribution in [0, 0.1) is 0 Å². The fourth-order valence-electron chi connectivity index (χ4n) is 4.22. The summed E-state index contributed by atoms with van der Waals surface area (Å²) in [6.45, 7) is 0.752. The Kier molecular flexibility index (Phi) is 13.9. The minimum Gasteiger partial charge on any atom is -0.495 e. The van der Waals surface area contributed by atoms with Gasteiger partial charge in [-0.05, 0) is 69.1 Å². The Balaban J connectivity index is 0.000000242. The van der Waals surface area contributed by atoms with Crippen molar-refractivity contribution in [1.29, 1.82) is 0 Å². The van der Waals surface area contributed by atoms with E-state index in [1.165, 1.54) is 19.2 Å². The first kappa shape index (κ1) is 34.7. The second-order valence-electron chi connectivity index (χ2n) is 9.33. The number of aldehydes is 1. The number of nitrogens with one attached hydrogen (secondary N) is 3. The highest BCUT2D eigenvalue weighted by molar-refractivity contribution is 7.98. The first-order valence-corrected chi connectivity index (χ1v) is 14.3. The summed E-state index contributed by atoms with van der Waals surface area (Å²) >= 11 is 1.65. The number of nitrogens with zero attached hydrogens (tertiary/aromatic N) is 2. The predicted molar refractivity (Wildman–Crippen MR) is 160 cm³/mol. The van der Waals surface area contributed by atoms with Gasteiger partial charge >= 0.3 is 6.18 Å². The molecule has 1 amide bonds. The summed E-state index contributed by atoms with van der Waals surface area (Å²) in [7, 11) is 5.03. The molecule has 1 aromatic heterocycles. The van der Waals surface area contributed by atoms with Gasteiger partial charge in [0.25, 0.3) is 5.91 Å². The van der Waals surface area contributed by atoms with E-state index in [1.807, 2.05) is 36.4 Å². The van der Waals surface area contributed by atoms with Crippen LogP contribution in [-0.2, 0) is 11.3 Å². The largest absolute Gasteiger partial charge is 0.495 e. The van der Waals surface area contributed by atoms with E-state index in [0.717, 1.165) is 46.6 Å². The number of carbonyl (C=O) groups is 2. The molecule has 5 N–H and O–H groups in total. The van der Waals surface area contributed by atoms with E-state index in [0.29, 0.717) is 24.2 Å². The maximum Gasteiger partial charge on any atom is 0.406 e. The van der Waals surface area contributed by atoms with Crippen LogP contribution in [0.5, 0.6) is 5.75 Å². The highest BCUT2D eigenvalue weighted by Crippen LogP contribution is 2.30. The molecule has 2 heterocycles. The summed E-state index contributed by atoms with van der Waals surface area (Å²) < 4.78 is 56.5. The van der Waals surface area contributed by atoms with Crippen molar-refractivity contribution in [2.75, 3.05) is 58.1 Å². The zero-order valence-corrected chi connectivity index (χ0v) is 24.9. The van der Waals surface area contributed by atoms with E-state index in [-0.39, 0.29) is 11.2 Å². The number of nitrogen functional groups attached to an aromatic ring is 1. The number of likely N-dealkylation sites (tertiary alicyclic amines) is 1. The van der Waals surface area contributed by atoms with Gasteiger partial charge in [0.1, 0.15) is 30.4 Å². The van der Waals surface area contributed by atoms with Crippen molar-refractivity contribution in [3.63, 3.8) is 0 Å². The first-order valence-electron chi connectivity index (χ1n) is 13.1. The number of rotatable bonds is 8. The molecule has 0 bridgehead atoms. The summed E-state index contributed by atoms with van der Waals surface area (Å²) in [6, 6.07) is 11.8. The third-order valence-electron chi connectivity index (χ3n) is 6.14. The van der Waals surface area contributed by atoms with Crippen LogP contribution in [0.4, 0.5) is 28.9 Å². The van der Waals surface area contributed by atoms with Crippen molar-refractivity contribution in [3.8, 4) is 5.75 Å². The molecule has 3 aromatic rings. The van der Waals surface area contributed by atoms with Gasteiger partial charge in [-0.1, -0.05) is 6.07 Å². The Hall–Kier alpha value is -3.49.